The van der Waals surface area contributed by atoms with Crippen LogP contribution >= 0.6 is 27.5 Å². The van der Waals surface area contributed by atoms with Crippen LogP contribution in [-0.2, 0) is 6.42 Å². The van der Waals surface area contributed by atoms with Crippen molar-refractivity contribution in [2.24, 2.45) is 0 Å². The summed E-state index contributed by atoms with van der Waals surface area (Å²) in [5.74, 6) is -0.652. The Balaban J connectivity index is 2.21. The second-order valence-electron chi connectivity index (χ2n) is 3.85. The van der Waals surface area contributed by atoms with Gasteiger partial charge in [-0.3, -0.25) is 4.79 Å². The molecule has 4 heteroatoms. The van der Waals surface area contributed by atoms with E-state index in [9.17, 15) is 9.18 Å². The summed E-state index contributed by atoms with van der Waals surface area (Å²) in [6.45, 7) is 0. The van der Waals surface area contributed by atoms with Crippen LogP contribution in [0.4, 0.5) is 4.39 Å². The number of hydrogen-bond acceptors (Lipinski definition) is 1. The molecule has 0 unspecified atom stereocenters. The van der Waals surface area contributed by atoms with Crippen LogP contribution in [0.3, 0.4) is 0 Å². The first-order valence-corrected chi connectivity index (χ1v) is 6.46. The van der Waals surface area contributed by atoms with Crippen LogP contribution in [0, 0.1) is 5.82 Å². The van der Waals surface area contributed by atoms with E-state index in [1.807, 2.05) is 24.3 Å². The van der Waals surface area contributed by atoms with E-state index in [0.29, 0.717) is 0 Å². The Morgan fingerprint density at radius 3 is 2.50 bits per heavy atom. The summed E-state index contributed by atoms with van der Waals surface area (Å²) in [5, 5.41) is 0.276. The summed E-state index contributed by atoms with van der Waals surface area (Å²) < 4.78 is 14.0. The highest BCUT2D eigenvalue weighted by molar-refractivity contribution is 9.10. The van der Waals surface area contributed by atoms with Gasteiger partial charge in [-0.1, -0.05) is 39.7 Å². The normalized spacial score (nSPS) is 10.4. The van der Waals surface area contributed by atoms with Gasteiger partial charge in [0.1, 0.15) is 5.82 Å². The number of halogens is 3. The van der Waals surface area contributed by atoms with Crippen LogP contribution in [0.2, 0.25) is 5.02 Å². The average Bonchev–Trinajstić information content (AvgIpc) is 2.35. The van der Waals surface area contributed by atoms with E-state index in [4.69, 9.17) is 11.6 Å². The largest absolute Gasteiger partial charge is 0.294 e. The van der Waals surface area contributed by atoms with Crippen molar-refractivity contribution in [2.75, 3.05) is 0 Å². The molecule has 0 N–H and O–H groups in total. The monoisotopic (exact) mass is 326 g/mol. The lowest BCUT2D eigenvalue weighted by Gasteiger charge is -2.04. The fraction of sp³-hybridized carbons (Fsp3) is 0.0714. The quantitative estimate of drug-likeness (QED) is 0.749. The number of benzene rings is 2. The van der Waals surface area contributed by atoms with Crippen LogP contribution in [0.5, 0.6) is 0 Å². The van der Waals surface area contributed by atoms with E-state index in [1.54, 1.807) is 0 Å². The number of Topliss-reactive ketones (excluding diaryl/α,β-unsaturated/α-hetero) is 1. The van der Waals surface area contributed by atoms with E-state index in [1.165, 1.54) is 18.2 Å². The number of hydrogen-bond donors (Lipinski definition) is 0. The van der Waals surface area contributed by atoms with E-state index in [2.05, 4.69) is 15.9 Å². The van der Waals surface area contributed by atoms with Gasteiger partial charge in [0.05, 0.1) is 5.02 Å². The lowest BCUT2D eigenvalue weighted by molar-refractivity contribution is 0.0992. The second-order valence-corrected chi connectivity index (χ2v) is 5.17. The lowest BCUT2D eigenvalue weighted by atomic mass is 10.0. The van der Waals surface area contributed by atoms with Gasteiger partial charge in [-0.05, 0) is 35.9 Å². The first-order chi connectivity index (χ1) is 8.56. The molecule has 0 aliphatic rings. The molecule has 1 nitrogen and oxygen atoms in total. The number of carbonyl (C=O) groups excluding carboxylic acids is 1. The summed E-state index contributed by atoms with van der Waals surface area (Å²) in [7, 11) is 0. The summed E-state index contributed by atoms with van der Waals surface area (Å²) in [5.41, 5.74) is 1.09. The molecule has 2 aromatic carbocycles. The highest BCUT2D eigenvalue weighted by Gasteiger charge is 2.12. The first-order valence-electron chi connectivity index (χ1n) is 5.29. The van der Waals surface area contributed by atoms with Crippen molar-refractivity contribution in [3.63, 3.8) is 0 Å². The standard InChI is InChI=1S/C14H9BrClFO/c15-10-3-1-9(2-4-10)7-14(18)12-8-11(17)5-6-13(12)16/h1-6,8H,7H2. The highest BCUT2D eigenvalue weighted by Crippen LogP contribution is 2.20. The van der Waals surface area contributed by atoms with Gasteiger partial charge in [0, 0.05) is 16.5 Å². The lowest BCUT2D eigenvalue weighted by Crippen LogP contribution is -2.04. The maximum atomic E-state index is 13.1. The number of carbonyl (C=O) groups is 1. The minimum absolute atomic E-state index is 0.193. The first kappa shape index (κ1) is 13.2. The minimum atomic E-state index is -0.460. The van der Waals surface area contributed by atoms with Gasteiger partial charge >= 0.3 is 0 Å². The Morgan fingerprint density at radius 1 is 1.17 bits per heavy atom. The molecule has 0 bridgehead atoms. The topological polar surface area (TPSA) is 17.1 Å². The van der Waals surface area contributed by atoms with E-state index in [-0.39, 0.29) is 22.8 Å². The third-order valence-corrected chi connectivity index (χ3v) is 3.37. The molecule has 0 fully saturated rings. The Morgan fingerprint density at radius 2 is 1.83 bits per heavy atom. The highest BCUT2D eigenvalue weighted by atomic mass is 79.9. The molecule has 2 rings (SSSR count). The van der Waals surface area contributed by atoms with Gasteiger partial charge < -0.3 is 0 Å². The molecule has 2 aromatic rings. The van der Waals surface area contributed by atoms with Crippen LogP contribution in [0.25, 0.3) is 0 Å². The Kier molecular flexibility index (Phi) is 4.15. The van der Waals surface area contributed by atoms with Crippen molar-refractivity contribution >= 4 is 33.3 Å². The molecule has 0 spiro atoms. The zero-order chi connectivity index (χ0) is 13.1. The maximum Gasteiger partial charge on any atom is 0.168 e. The fourth-order valence-corrected chi connectivity index (χ4v) is 2.08. The van der Waals surface area contributed by atoms with Crippen molar-refractivity contribution in [1.82, 2.24) is 0 Å². The molecule has 0 heterocycles. The van der Waals surface area contributed by atoms with Crippen molar-refractivity contribution in [1.29, 1.82) is 0 Å². The molecule has 0 aromatic heterocycles. The molecule has 0 aliphatic heterocycles. The number of rotatable bonds is 3. The molecule has 0 atom stereocenters. The number of ketones is 1. The van der Waals surface area contributed by atoms with Gasteiger partial charge in [-0.2, -0.15) is 0 Å². The van der Waals surface area contributed by atoms with Gasteiger partial charge in [0.25, 0.3) is 0 Å². The molecular formula is C14H9BrClFO. The zero-order valence-corrected chi connectivity index (χ0v) is 11.6. The van der Waals surface area contributed by atoms with Crippen LogP contribution in [0.15, 0.2) is 46.9 Å². The van der Waals surface area contributed by atoms with Crippen molar-refractivity contribution in [2.45, 2.75) is 6.42 Å². The molecule has 0 aliphatic carbocycles. The van der Waals surface area contributed by atoms with E-state index in [0.717, 1.165) is 10.0 Å². The maximum absolute atomic E-state index is 13.1. The van der Waals surface area contributed by atoms with Gasteiger partial charge in [0.15, 0.2) is 5.78 Å². The second kappa shape index (κ2) is 5.63. The molecule has 0 saturated carbocycles. The fourth-order valence-electron chi connectivity index (χ4n) is 1.59. The Hall–Kier alpha value is -1.19. The zero-order valence-electron chi connectivity index (χ0n) is 9.29. The predicted molar refractivity (Wildman–Crippen MR) is 73.6 cm³/mol. The molecule has 18 heavy (non-hydrogen) atoms. The summed E-state index contributed by atoms with van der Waals surface area (Å²) in [6, 6.07) is 11.2. The van der Waals surface area contributed by atoms with Crippen molar-refractivity contribution < 1.29 is 9.18 Å². The molecule has 0 saturated heterocycles. The van der Waals surface area contributed by atoms with Crippen LogP contribution < -0.4 is 0 Å². The third-order valence-electron chi connectivity index (χ3n) is 2.51. The van der Waals surface area contributed by atoms with Gasteiger partial charge in [-0.15, -0.1) is 0 Å². The summed E-state index contributed by atoms with van der Waals surface area (Å²) in [4.78, 5) is 12.0. The average molecular weight is 328 g/mol. The molecule has 0 amide bonds. The SMILES string of the molecule is O=C(Cc1ccc(Br)cc1)c1cc(F)ccc1Cl. The Bertz CT molecular complexity index is 581. The smallest absolute Gasteiger partial charge is 0.168 e. The van der Waals surface area contributed by atoms with Gasteiger partial charge in [-0.25, -0.2) is 4.39 Å². The summed E-state index contributed by atoms with van der Waals surface area (Å²) >= 11 is 9.21. The predicted octanol–water partition coefficient (Wildman–Crippen LogP) is 4.67. The molecule has 0 radical (unpaired) electrons. The van der Waals surface area contributed by atoms with E-state index < -0.39 is 5.82 Å². The van der Waals surface area contributed by atoms with E-state index >= 15 is 0 Å². The van der Waals surface area contributed by atoms with Crippen LogP contribution in [0.1, 0.15) is 15.9 Å². The Labute approximate surface area is 118 Å². The van der Waals surface area contributed by atoms with Crippen LogP contribution in [-0.4, -0.2) is 5.78 Å². The van der Waals surface area contributed by atoms with Gasteiger partial charge in [0.2, 0.25) is 0 Å². The molecule has 92 valence electrons. The van der Waals surface area contributed by atoms with Crippen molar-refractivity contribution in [3.8, 4) is 0 Å². The summed E-state index contributed by atoms with van der Waals surface area (Å²) in [6.07, 6.45) is 0.205. The minimum Gasteiger partial charge on any atom is -0.294 e. The third kappa shape index (κ3) is 3.18. The molecular weight excluding hydrogens is 319 g/mol. The van der Waals surface area contributed by atoms with Crippen molar-refractivity contribution in [3.05, 3.63) is 68.9 Å².